The summed E-state index contributed by atoms with van der Waals surface area (Å²) in [6.45, 7) is 6.60. The van der Waals surface area contributed by atoms with E-state index in [-0.39, 0.29) is 31.1 Å². The molecule has 0 N–H and O–H groups in total. The van der Waals surface area contributed by atoms with Crippen LogP contribution in [0, 0.1) is 0 Å². The fraction of sp³-hybridized carbons (Fsp3) is 0.865. The Morgan fingerprint density at radius 3 is 0.931 bits per heavy atom. The highest BCUT2D eigenvalue weighted by molar-refractivity contribution is 5.71. The van der Waals surface area contributed by atoms with Crippen molar-refractivity contribution in [2.24, 2.45) is 0 Å². The van der Waals surface area contributed by atoms with Gasteiger partial charge in [-0.3, -0.25) is 14.4 Å². The molecule has 0 amide bonds. The molecule has 340 valence electrons. The van der Waals surface area contributed by atoms with Crippen LogP contribution >= 0.6 is 0 Å². The third kappa shape index (κ3) is 45.0. The van der Waals surface area contributed by atoms with Gasteiger partial charge in [-0.25, -0.2) is 0 Å². The fourth-order valence-corrected chi connectivity index (χ4v) is 7.30. The summed E-state index contributed by atoms with van der Waals surface area (Å²) < 4.78 is 16.8. The number of ether oxygens (including phenoxy) is 3. The van der Waals surface area contributed by atoms with Crippen LogP contribution in [0.1, 0.15) is 271 Å². The molecule has 6 nitrogen and oxygen atoms in total. The van der Waals surface area contributed by atoms with Gasteiger partial charge in [0.05, 0.1) is 0 Å². The standard InChI is InChI=1S/C52H96O6/c1-4-7-10-13-16-19-22-24-26-28-30-33-36-39-42-45-51(54)57-48-49(47-56-50(53)44-41-38-35-32-29-21-18-15-12-9-6-3)58-52(55)46-43-40-37-34-31-27-25-23-20-17-14-11-8-5-2/h15,18-19,22,49H,4-14,16-17,20-21,23-48H2,1-3H3/b18-15-,22-19-. The predicted octanol–water partition coefficient (Wildman–Crippen LogP) is 16.4. The summed E-state index contributed by atoms with van der Waals surface area (Å²) >= 11 is 0. The number of hydrogen-bond acceptors (Lipinski definition) is 6. The fourth-order valence-electron chi connectivity index (χ4n) is 7.30. The molecule has 0 spiro atoms. The Labute approximate surface area is 360 Å². The van der Waals surface area contributed by atoms with Gasteiger partial charge in [-0.15, -0.1) is 0 Å². The zero-order chi connectivity index (χ0) is 42.3. The van der Waals surface area contributed by atoms with Crippen molar-refractivity contribution >= 4 is 17.9 Å². The quantitative estimate of drug-likeness (QED) is 0.0263. The lowest BCUT2D eigenvalue weighted by Crippen LogP contribution is -2.30. The summed E-state index contributed by atoms with van der Waals surface area (Å²) in [6, 6.07) is 0. The van der Waals surface area contributed by atoms with Crippen LogP contribution in [0.4, 0.5) is 0 Å². The van der Waals surface area contributed by atoms with Crippen molar-refractivity contribution in [1.29, 1.82) is 0 Å². The maximum atomic E-state index is 12.8. The molecule has 0 bridgehead atoms. The zero-order valence-electron chi connectivity index (χ0n) is 38.8. The maximum Gasteiger partial charge on any atom is 0.306 e. The summed E-state index contributed by atoms with van der Waals surface area (Å²) in [4.78, 5) is 37.9. The Bertz CT molecular complexity index is 942. The van der Waals surface area contributed by atoms with Crippen LogP contribution in [0.15, 0.2) is 24.3 Å². The van der Waals surface area contributed by atoms with E-state index in [1.807, 2.05) is 0 Å². The lowest BCUT2D eigenvalue weighted by molar-refractivity contribution is -0.167. The first-order chi connectivity index (χ1) is 28.5. The topological polar surface area (TPSA) is 78.9 Å². The number of hydrogen-bond donors (Lipinski definition) is 0. The van der Waals surface area contributed by atoms with Crippen molar-refractivity contribution in [3.05, 3.63) is 24.3 Å². The average Bonchev–Trinajstić information content (AvgIpc) is 3.22. The Morgan fingerprint density at radius 1 is 0.328 bits per heavy atom. The molecule has 0 aliphatic heterocycles. The normalized spacial score (nSPS) is 12.1. The van der Waals surface area contributed by atoms with Gasteiger partial charge in [-0.2, -0.15) is 0 Å². The smallest absolute Gasteiger partial charge is 0.306 e. The molecule has 0 aromatic carbocycles. The Kier molecular flexibility index (Phi) is 45.8. The molecule has 0 saturated heterocycles. The molecule has 0 aromatic heterocycles. The first-order valence-corrected chi connectivity index (χ1v) is 25.3. The van der Waals surface area contributed by atoms with Gasteiger partial charge in [0, 0.05) is 19.3 Å². The van der Waals surface area contributed by atoms with E-state index in [2.05, 4.69) is 45.1 Å². The Balaban J connectivity index is 4.34. The lowest BCUT2D eigenvalue weighted by Gasteiger charge is -2.18. The Hall–Kier alpha value is -2.11. The molecule has 0 aromatic rings. The molecule has 0 saturated carbocycles. The second-order valence-electron chi connectivity index (χ2n) is 17.1. The van der Waals surface area contributed by atoms with Gasteiger partial charge in [-0.1, -0.05) is 212 Å². The largest absolute Gasteiger partial charge is 0.462 e. The summed E-state index contributed by atoms with van der Waals surface area (Å²) in [5, 5.41) is 0. The highest BCUT2D eigenvalue weighted by Gasteiger charge is 2.19. The molecular formula is C52H96O6. The number of unbranched alkanes of at least 4 members (excludes halogenated alkanes) is 31. The van der Waals surface area contributed by atoms with Crippen molar-refractivity contribution in [2.45, 2.75) is 277 Å². The van der Waals surface area contributed by atoms with E-state index in [1.165, 1.54) is 167 Å². The first-order valence-electron chi connectivity index (χ1n) is 25.3. The van der Waals surface area contributed by atoms with E-state index in [0.717, 1.165) is 64.2 Å². The molecule has 0 aliphatic carbocycles. The van der Waals surface area contributed by atoms with Gasteiger partial charge in [0.25, 0.3) is 0 Å². The van der Waals surface area contributed by atoms with Gasteiger partial charge in [0.15, 0.2) is 6.10 Å². The molecule has 1 atom stereocenters. The van der Waals surface area contributed by atoms with Crippen LogP contribution in [0.25, 0.3) is 0 Å². The van der Waals surface area contributed by atoms with Crippen molar-refractivity contribution < 1.29 is 28.6 Å². The van der Waals surface area contributed by atoms with Crippen LogP contribution in [0.2, 0.25) is 0 Å². The minimum absolute atomic E-state index is 0.0727. The minimum Gasteiger partial charge on any atom is -0.462 e. The van der Waals surface area contributed by atoms with Crippen LogP contribution in [-0.4, -0.2) is 37.2 Å². The number of carbonyl (C=O) groups is 3. The van der Waals surface area contributed by atoms with E-state index in [1.54, 1.807) is 0 Å². The van der Waals surface area contributed by atoms with Gasteiger partial charge < -0.3 is 14.2 Å². The number of esters is 3. The molecule has 0 rings (SSSR count). The Morgan fingerprint density at radius 2 is 0.586 bits per heavy atom. The highest BCUT2D eigenvalue weighted by Crippen LogP contribution is 2.15. The molecular weight excluding hydrogens is 721 g/mol. The van der Waals surface area contributed by atoms with Crippen LogP contribution in [-0.2, 0) is 28.6 Å². The van der Waals surface area contributed by atoms with E-state index in [9.17, 15) is 14.4 Å². The van der Waals surface area contributed by atoms with Gasteiger partial charge in [0.2, 0.25) is 0 Å². The predicted molar refractivity (Wildman–Crippen MR) is 247 cm³/mol. The number of carbonyl (C=O) groups excluding carboxylic acids is 3. The summed E-state index contributed by atoms with van der Waals surface area (Å²) in [6.07, 6.45) is 53.0. The minimum atomic E-state index is -0.770. The van der Waals surface area contributed by atoms with Gasteiger partial charge in [0.1, 0.15) is 13.2 Å². The maximum absolute atomic E-state index is 12.8. The van der Waals surface area contributed by atoms with Crippen LogP contribution in [0.3, 0.4) is 0 Å². The van der Waals surface area contributed by atoms with E-state index >= 15 is 0 Å². The molecule has 0 fully saturated rings. The van der Waals surface area contributed by atoms with E-state index in [0.29, 0.717) is 19.3 Å². The van der Waals surface area contributed by atoms with Crippen LogP contribution in [0.5, 0.6) is 0 Å². The van der Waals surface area contributed by atoms with E-state index in [4.69, 9.17) is 14.2 Å². The summed E-state index contributed by atoms with van der Waals surface area (Å²) in [5.74, 6) is -0.876. The third-order valence-corrected chi connectivity index (χ3v) is 11.2. The number of rotatable bonds is 46. The second-order valence-corrected chi connectivity index (χ2v) is 17.1. The summed E-state index contributed by atoms with van der Waals surface area (Å²) in [7, 11) is 0. The lowest BCUT2D eigenvalue weighted by atomic mass is 10.0. The van der Waals surface area contributed by atoms with Crippen molar-refractivity contribution in [3.63, 3.8) is 0 Å². The zero-order valence-corrected chi connectivity index (χ0v) is 38.8. The molecule has 0 heterocycles. The van der Waals surface area contributed by atoms with Gasteiger partial charge in [-0.05, 0) is 64.2 Å². The molecule has 1 unspecified atom stereocenters. The second kappa shape index (κ2) is 47.6. The molecule has 58 heavy (non-hydrogen) atoms. The van der Waals surface area contributed by atoms with Crippen molar-refractivity contribution in [3.8, 4) is 0 Å². The molecule has 0 radical (unpaired) electrons. The number of allylic oxidation sites excluding steroid dienone is 4. The van der Waals surface area contributed by atoms with Crippen molar-refractivity contribution in [2.75, 3.05) is 13.2 Å². The summed E-state index contributed by atoms with van der Waals surface area (Å²) in [5.41, 5.74) is 0. The highest BCUT2D eigenvalue weighted by atomic mass is 16.6. The third-order valence-electron chi connectivity index (χ3n) is 11.2. The van der Waals surface area contributed by atoms with Crippen molar-refractivity contribution in [1.82, 2.24) is 0 Å². The molecule has 6 heteroatoms. The van der Waals surface area contributed by atoms with Gasteiger partial charge >= 0.3 is 17.9 Å². The average molecular weight is 817 g/mol. The molecule has 0 aliphatic rings. The SMILES string of the molecule is CCCC/C=C\CCCCCCCC(=O)OCC(COC(=O)CCCCCCCCC/C=C\CCCCCC)OC(=O)CCCCCCCCCCCCCCCC. The first kappa shape index (κ1) is 55.9. The van der Waals surface area contributed by atoms with E-state index < -0.39 is 6.10 Å². The monoisotopic (exact) mass is 817 g/mol. The van der Waals surface area contributed by atoms with Crippen LogP contribution < -0.4 is 0 Å².